The van der Waals surface area contributed by atoms with E-state index in [-0.39, 0.29) is 34.7 Å². The van der Waals surface area contributed by atoms with Gasteiger partial charge in [0.25, 0.3) is 5.91 Å². The third kappa shape index (κ3) is 3.00. The molecule has 0 bridgehead atoms. The van der Waals surface area contributed by atoms with Gasteiger partial charge in [-0.1, -0.05) is 29.3 Å². The first-order valence-electron chi connectivity index (χ1n) is 5.58. The zero-order valence-corrected chi connectivity index (χ0v) is 11.3. The Kier molecular flexibility index (Phi) is 4.29. The van der Waals surface area contributed by atoms with E-state index in [1.807, 2.05) is 0 Å². The van der Waals surface area contributed by atoms with Crippen molar-refractivity contribution < 1.29 is 19.4 Å². The fourth-order valence-corrected chi connectivity index (χ4v) is 2.40. The first kappa shape index (κ1) is 14.1. The molecule has 0 radical (unpaired) electrons. The number of aliphatic carboxylic acids is 1. The Morgan fingerprint density at radius 1 is 1.32 bits per heavy atom. The van der Waals surface area contributed by atoms with E-state index in [1.54, 1.807) is 18.2 Å². The van der Waals surface area contributed by atoms with Gasteiger partial charge in [0.2, 0.25) is 0 Å². The molecule has 1 aliphatic rings. The molecule has 2 rings (SSSR count). The van der Waals surface area contributed by atoms with Gasteiger partial charge in [0, 0.05) is 6.54 Å². The average molecular weight is 304 g/mol. The van der Waals surface area contributed by atoms with E-state index in [0.717, 1.165) is 0 Å². The Hall–Kier alpha value is -1.30. The van der Waals surface area contributed by atoms with E-state index < -0.39 is 12.1 Å². The molecular formula is C12H11Cl2NO4. The number of nitrogens with zero attached hydrogens (tertiary/aromatic N) is 1. The van der Waals surface area contributed by atoms with Crippen molar-refractivity contribution >= 4 is 35.1 Å². The molecule has 1 amide bonds. The number of carboxylic acids is 1. The second kappa shape index (κ2) is 5.77. The highest BCUT2D eigenvalue weighted by molar-refractivity contribution is 6.39. The molecule has 19 heavy (non-hydrogen) atoms. The molecule has 7 heteroatoms. The molecule has 1 N–H and O–H groups in total. The normalized spacial score (nSPS) is 19.3. The van der Waals surface area contributed by atoms with Crippen molar-refractivity contribution in [1.82, 2.24) is 4.90 Å². The van der Waals surface area contributed by atoms with Crippen LogP contribution in [0.4, 0.5) is 0 Å². The highest BCUT2D eigenvalue weighted by Gasteiger charge is 2.30. The lowest BCUT2D eigenvalue weighted by atomic mass is 10.1. The molecule has 1 aromatic carbocycles. The predicted octanol–water partition coefficient (Wildman–Crippen LogP) is 1.92. The Bertz CT molecular complexity index is 500. The topological polar surface area (TPSA) is 66.8 Å². The standard InChI is InChI=1S/C12H11Cl2NO4/c13-7-2-1-3-8(14)10(7)11(16)15-4-5-19-9(6-15)12(17)18/h1-3,9H,4-6H2,(H,17,18). The highest BCUT2D eigenvalue weighted by Crippen LogP contribution is 2.26. The van der Waals surface area contributed by atoms with Crippen molar-refractivity contribution in [2.75, 3.05) is 19.7 Å². The maximum atomic E-state index is 12.3. The maximum absolute atomic E-state index is 12.3. The van der Waals surface area contributed by atoms with Crippen LogP contribution in [-0.2, 0) is 9.53 Å². The number of carbonyl (C=O) groups excluding carboxylic acids is 1. The van der Waals surface area contributed by atoms with E-state index >= 15 is 0 Å². The lowest BCUT2D eigenvalue weighted by Crippen LogP contribution is -2.48. The number of amides is 1. The van der Waals surface area contributed by atoms with Gasteiger partial charge in [-0.15, -0.1) is 0 Å². The molecule has 0 aliphatic carbocycles. The molecule has 1 atom stereocenters. The van der Waals surface area contributed by atoms with Gasteiger partial charge in [-0.25, -0.2) is 4.79 Å². The lowest BCUT2D eigenvalue weighted by Gasteiger charge is -2.31. The van der Waals surface area contributed by atoms with Crippen molar-refractivity contribution in [2.24, 2.45) is 0 Å². The van der Waals surface area contributed by atoms with Gasteiger partial charge < -0.3 is 14.7 Å². The van der Waals surface area contributed by atoms with Crippen LogP contribution in [0.15, 0.2) is 18.2 Å². The number of benzene rings is 1. The summed E-state index contributed by atoms with van der Waals surface area (Å²) in [6.07, 6.45) is -1.01. The van der Waals surface area contributed by atoms with Crippen molar-refractivity contribution in [3.05, 3.63) is 33.8 Å². The SMILES string of the molecule is O=C(O)C1CN(C(=O)c2c(Cl)cccc2Cl)CCO1. The average Bonchev–Trinajstić information content (AvgIpc) is 2.38. The molecule has 1 heterocycles. The number of carboxylic acid groups (broad SMARTS) is 1. The van der Waals surface area contributed by atoms with Gasteiger partial charge in [0.1, 0.15) is 0 Å². The van der Waals surface area contributed by atoms with Gasteiger partial charge in [-0.2, -0.15) is 0 Å². The maximum Gasteiger partial charge on any atom is 0.334 e. The van der Waals surface area contributed by atoms with Crippen molar-refractivity contribution in [1.29, 1.82) is 0 Å². The number of rotatable bonds is 2. The van der Waals surface area contributed by atoms with Gasteiger partial charge in [0.05, 0.1) is 28.8 Å². The smallest absolute Gasteiger partial charge is 0.334 e. The minimum Gasteiger partial charge on any atom is -0.479 e. The fourth-order valence-electron chi connectivity index (χ4n) is 1.84. The van der Waals surface area contributed by atoms with E-state index in [1.165, 1.54) is 4.90 Å². The third-order valence-electron chi connectivity index (χ3n) is 2.81. The fraction of sp³-hybridized carbons (Fsp3) is 0.333. The van der Waals surface area contributed by atoms with E-state index in [4.69, 9.17) is 33.0 Å². The molecule has 0 saturated carbocycles. The molecular weight excluding hydrogens is 293 g/mol. The molecule has 1 saturated heterocycles. The van der Waals surface area contributed by atoms with E-state index in [0.29, 0.717) is 6.54 Å². The summed E-state index contributed by atoms with van der Waals surface area (Å²) in [5.74, 6) is -1.48. The summed E-state index contributed by atoms with van der Waals surface area (Å²) in [6, 6.07) is 4.77. The summed E-state index contributed by atoms with van der Waals surface area (Å²) in [4.78, 5) is 24.6. The molecule has 1 aliphatic heterocycles. The molecule has 0 aromatic heterocycles. The van der Waals surface area contributed by atoms with Gasteiger partial charge in [-0.3, -0.25) is 4.79 Å². The summed E-state index contributed by atoms with van der Waals surface area (Å²) in [5.41, 5.74) is 0.192. The summed E-state index contributed by atoms with van der Waals surface area (Å²) < 4.78 is 5.06. The van der Waals surface area contributed by atoms with Crippen LogP contribution < -0.4 is 0 Å². The highest BCUT2D eigenvalue weighted by atomic mass is 35.5. The van der Waals surface area contributed by atoms with Crippen LogP contribution >= 0.6 is 23.2 Å². The van der Waals surface area contributed by atoms with Gasteiger partial charge in [-0.05, 0) is 12.1 Å². The molecule has 0 spiro atoms. The quantitative estimate of drug-likeness (QED) is 0.906. The van der Waals surface area contributed by atoms with Crippen molar-refractivity contribution in [3.63, 3.8) is 0 Å². The van der Waals surface area contributed by atoms with Crippen LogP contribution in [0.1, 0.15) is 10.4 Å². The molecule has 1 unspecified atom stereocenters. The summed E-state index contributed by atoms with van der Waals surface area (Å²) in [6.45, 7) is 0.463. The Balaban J connectivity index is 2.22. The summed E-state index contributed by atoms with van der Waals surface area (Å²) in [5, 5.41) is 9.39. The number of ether oxygens (including phenoxy) is 1. The van der Waals surface area contributed by atoms with Crippen LogP contribution in [0, 0.1) is 0 Å². The molecule has 5 nitrogen and oxygen atoms in total. The van der Waals surface area contributed by atoms with Crippen molar-refractivity contribution in [2.45, 2.75) is 6.10 Å². The van der Waals surface area contributed by atoms with Crippen LogP contribution in [-0.4, -0.2) is 47.7 Å². The zero-order valence-electron chi connectivity index (χ0n) is 9.81. The second-order valence-electron chi connectivity index (χ2n) is 4.05. The molecule has 1 fully saturated rings. The van der Waals surface area contributed by atoms with E-state index in [9.17, 15) is 9.59 Å². The number of morpholine rings is 1. The third-order valence-corrected chi connectivity index (χ3v) is 3.44. The minimum absolute atomic E-state index is 0.0181. The monoisotopic (exact) mass is 303 g/mol. The molecule has 1 aromatic rings. The number of halogens is 2. The number of hydrogen-bond donors (Lipinski definition) is 1. The lowest BCUT2D eigenvalue weighted by molar-refractivity contribution is -0.154. The summed E-state index contributed by atoms with van der Waals surface area (Å²) in [7, 11) is 0. The van der Waals surface area contributed by atoms with Crippen molar-refractivity contribution in [3.8, 4) is 0 Å². The largest absolute Gasteiger partial charge is 0.479 e. The Labute approximate surface area is 119 Å². The number of hydrogen-bond acceptors (Lipinski definition) is 3. The van der Waals surface area contributed by atoms with Gasteiger partial charge in [0.15, 0.2) is 6.10 Å². The minimum atomic E-state index is -1.09. The van der Waals surface area contributed by atoms with Crippen LogP contribution in [0.3, 0.4) is 0 Å². The second-order valence-corrected chi connectivity index (χ2v) is 4.86. The summed E-state index contributed by atoms with van der Waals surface area (Å²) >= 11 is 11.9. The van der Waals surface area contributed by atoms with Crippen LogP contribution in [0.5, 0.6) is 0 Å². The zero-order chi connectivity index (χ0) is 14.0. The van der Waals surface area contributed by atoms with Crippen LogP contribution in [0.25, 0.3) is 0 Å². The number of carbonyl (C=O) groups is 2. The van der Waals surface area contributed by atoms with Gasteiger partial charge >= 0.3 is 5.97 Å². The Morgan fingerprint density at radius 3 is 2.53 bits per heavy atom. The molecule has 102 valence electrons. The van der Waals surface area contributed by atoms with E-state index in [2.05, 4.69) is 0 Å². The first-order chi connectivity index (χ1) is 9.00. The van der Waals surface area contributed by atoms with Crippen LogP contribution in [0.2, 0.25) is 10.0 Å². The first-order valence-corrected chi connectivity index (χ1v) is 6.34. The Morgan fingerprint density at radius 2 is 1.95 bits per heavy atom. The predicted molar refractivity (Wildman–Crippen MR) is 69.7 cm³/mol.